The van der Waals surface area contributed by atoms with Gasteiger partial charge in [-0.2, -0.15) is 0 Å². The Morgan fingerprint density at radius 3 is 1.36 bits per heavy atom. The molecule has 0 saturated carbocycles. The van der Waals surface area contributed by atoms with E-state index in [-0.39, 0.29) is 44.6 Å². The molecule has 10 bridgehead atoms. The SMILES string of the molecule is [2H]c1cc(N(c2ccc3c(c2)Nc2c(-c4ccccc4)cc(-c4ccccc4)cc2-c2cccc(c2)-c2ccc4oc5ccc(cc5c4c2)-c2cccc(c2)-c2cc(-c4ccccc4)cc(-c4ccccc4)c2N2c4cc(-n5c6c([2H])c([2H])c([2H])c([2H])c6c6c([2H])c([2H])c([2H])c([2H])c65)ccc4B3c3ccc(C(C)(C)C)cc32)c2cc([2H])c([2H])c([2H])c2[2H])c([2H])c([2H])c1[2H]. The summed E-state index contributed by atoms with van der Waals surface area (Å²) in [6.07, 6.45) is 0. The molecule has 0 radical (unpaired) electrons. The van der Waals surface area contributed by atoms with Gasteiger partial charge in [-0.15, -0.1) is 0 Å². The zero-order chi connectivity index (χ0) is 88.5. The Balaban J connectivity index is 0.969. The van der Waals surface area contributed by atoms with Crippen molar-refractivity contribution in [3.63, 3.8) is 0 Å². The maximum Gasteiger partial charge on any atom is 0.249 e. The first-order valence-corrected chi connectivity index (χ1v) is 37.5. The lowest BCUT2D eigenvalue weighted by Gasteiger charge is -2.41. The summed E-state index contributed by atoms with van der Waals surface area (Å²) < 4.78 is 160. The van der Waals surface area contributed by atoms with Crippen molar-refractivity contribution in [3.8, 4) is 94.7 Å². The maximum absolute atomic E-state index is 9.99. The van der Waals surface area contributed by atoms with Gasteiger partial charge in [-0.3, -0.25) is 0 Å². The Labute approximate surface area is 675 Å². The zero-order valence-electron chi connectivity index (χ0n) is 77.1. The highest BCUT2D eigenvalue weighted by atomic mass is 16.3. The molecule has 6 heteroatoms. The Morgan fingerprint density at radius 1 is 0.330 bits per heavy atom. The van der Waals surface area contributed by atoms with Crippen molar-refractivity contribution in [2.24, 2.45) is 0 Å². The van der Waals surface area contributed by atoms with E-state index in [9.17, 15) is 19.2 Å². The second kappa shape index (κ2) is 26.9. The molecule has 2 aromatic heterocycles. The average molecular weight is 1450 g/mol. The Hall–Kier alpha value is -14.2. The van der Waals surface area contributed by atoms with E-state index in [0.717, 1.165) is 111 Å². The molecular weight excluding hydrogens is 1360 g/mol. The van der Waals surface area contributed by atoms with Crippen LogP contribution in [0.2, 0.25) is 0 Å². The molecule has 0 saturated heterocycles. The Bertz CT molecular complexity index is 7790. The van der Waals surface area contributed by atoms with E-state index in [4.69, 9.17) is 7.16 Å². The van der Waals surface area contributed by atoms with Crippen molar-refractivity contribution < 1.29 is 26.3 Å². The van der Waals surface area contributed by atoms with E-state index >= 15 is 0 Å². The van der Waals surface area contributed by atoms with E-state index in [1.807, 2.05) is 115 Å². The van der Waals surface area contributed by atoms with Gasteiger partial charge in [0.05, 0.1) is 44.3 Å². The number of rotatable bonds is 8. The number of nitrogens with one attached hydrogen (secondary N) is 1. The molecule has 3 aliphatic rings. The van der Waals surface area contributed by atoms with E-state index < -0.39 is 109 Å². The Morgan fingerprint density at radius 2 is 0.786 bits per heavy atom. The highest BCUT2D eigenvalue weighted by molar-refractivity contribution is 6.99. The number of para-hydroxylation sites is 4. The van der Waals surface area contributed by atoms with E-state index in [1.165, 1.54) is 17.0 Å². The molecule has 528 valence electrons. The van der Waals surface area contributed by atoms with E-state index in [2.05, 4.69) is 195 Å². The molecule has 0 atom stereocenters. The second-order valence-corrected chi connectivity index (χ2v) is 29.7. The minimum absolute atomic E-state index is 0.0776. The summed E-state index contributed by atoms with van der Waals surface area (Å²) in [4.78, 5) is 3.76. The van der Waals surface area contributed by atoms with Gasteiger partial charge in [-0.05, 0) is 221 Å². The largest absolute Gasteiger partial charge is 0.456 e. The van der Waals surface area contributed by atoms with Crippen molar-refractivity contribution in [3.05, 3.63) is 399 Å². The third-order valence-corrected chi connectivity index (χ3v) is 22.1. The number of aromatic nitrogens is 1. The van der Waals surface area contributed by atoms with Crippen LogP contribution in [-0.2, 0) is 5.41 Å². The highest BCUT2D eigenvalue weighted by Gasteiger charge is 2.40. The lowest BCUT2D eigenvalue weighted by molar-refractivity contribution is 0.590. The third-order valence-electron chi connectivity index (χ3n) is 22.1. The summed E-state index contributed by atoms with van der Waals surface area (Å²) in [7, 11) is 0. The number of hydrogen-bond acceptors (Lipinski definition) is 4. The van der Waals surface area contributed by atoms with Crippen molar-refractivity contribution >= 4 is 112 Å². The van der Waals surface area contributed by atoms with Crippen molar-refractivity contribution in [1.29, 1.82) is 0 Å². The number of furan rings is 1. The van der Waals surface area contributed by atoms with Gasteiger partial charge in [-0.25, -0.2) is 0 Å². The average Bonchev–Trinajstić information content (AvgIpc) is 1.48. The highest BCUT2D eigenvalue weighted by Crippen LogP contribution is 2.53. The summed E-state index contributed by atoms with van der Waals surface area (Å²) in [6.45, 7) is 5.59. The number of benzene rings is 17. The number of nitrogens with zero attached hydrogens (tertiary/aromatic N) is 3. The molecule has 0 fully saturated rings. The van der Waals surface area contributed by atoms with Crippen molar-refractivity contribution in [2.45, 2.75) is 26.2 Å². The van der Waals surface area contributed by atoms with Gasteiger partial charge >= 0.3 is 0 Å². The summed E-state index contributed by atoms with van der Waals surface area (Å²) in [5.41, 5.74) is 20.7. The van der Waals surface area contributed by atoms with Gasteiger partial charge in [0.25, 0.3) is 0 Å². The maximum atomic E-state index is 9.99. The molecule has 0 unspecified atom stereocenters. The smallest absolute Gasteiger partial charge is 0.249 e. The first kappa shape index (κ1) is 51.2. The number of fused-ring (bicyclic) bond motifs is 3. The van der Waals surface area contributed by atoms with E-state index in [0.29, 0.717) is 50.5 Å². The topological polar surface area (TPSA) is 36.6 Å². The fraction of sp³-hybridized carbons (Fsp3) is 0.0377. The van der Waals surface area contributed by atoms with Gasteiger partial charge in [0, 0.05) is 83.6 Å². The summed E-state index contributed by atoms with van der Waals surface area (Å²) >= 11 is 0. The molecule has 0 amide bonds. The van der Waals surface area contributed by atoms with Crippen LogP contribution in [-0.4, -0.2) is 11.3 Å². The third kappa shape index (κ3) is 11.4. The van der Waals surface area contributed by atoms with Crippen LogP contribution in [0.1, 0.15) is 48.3 Å². The molecule has 5 heterocycles. The van der Waals surface area contributed by atoms with Crippen LogP contribution >= 0.6 is 0 Å². The predicted molar refractivity (Wildman–Crippen MR) is 474 cm³/mol. The first-order valence-electron chi connectivity index (χ1n) is 45.5. The molecule has 22 rings (SSSR count). The molecule has 19 aromatic rings. The van der Waals surface area contributed by atoms with Crippen LogP contribution in [0.25, 0.3) is 138 Å². The fourth-order valence-corrected chi connectivity index (χ4v) is 16.7. The summed E-state index contributed by atoms with van der Waals surface area (Å²) in [5, 5.41) is 5.83. The minimum Gasteiger partial charge on any atom is -0.456 e. The normalized spacial score (nSPS) is 14.3. The second-order valence-electron chi connectivity index (χ2n) is 29.7. The minimum atomic E-state index is -0.898. The van der Waals surface area contributed by atoms with Crippen LogP contribution in [0.3, 0.4) is 0 Å². The summed E-state index contributed by atoms with van der Waals surface area (Å²) in [6, 6.07) is 91.5. The van der Waals surface area contributed by atoms with Crippen molar-refractivity contribution in [2.75, 3.05) is 15.1 Å². The van der Waals surface area contributed by atoms with Crippen LogP contribution in [0.4, 0.5) is 45.5 Å². The van der Waals surface area contributed by atoms with Gasteiger partial charge in [0.2, 0.25) is 6.71 Å². The van der Waals surface area contributed by atoms with Crippen LogP contribution < -0.4 is 31.5 Å². The predicted octanol–water partition coefficient (Wildman–Crippen LogP) is 27.1. The zero-order valence-corrected chi connectivity index (χ0v) is 61.1. The molecule has 3 aliphatic heterocycles. The first-order chi connectivity index (χ1) is 61.8. The molecule has 17 aromatic carbocycles. The van der Waals surface area contributed by atoms with Crippen LogP contribution in [0, 0.1) is 0 Å². The van der Waals surface area contributed by atoms with Gasteiger partial charge in [0.15, 0.2) is 0 Å². The molecular formula is C106H75BN4O. The number of hydrogen-bond donors (Lipinski definition) is 1. The van der Waals surface area contributed by atoms with Gasteiger partial charge in [-0.1, -0.05) is 287 Å². The lowest BCUT2D eigenvalue weighted by atomic mass is 9.34. The van der Waals surface area contributed by atoms with E-state index in [1.54, 1.807) is 10.6 Å². The Kier molecular flexibility index (Phi) is 12.3. The van der Waals surface area contributed by atoms with Gasteiger partial charge < -0.3 is 24.1 Å². The molecule has 5 nitrogen and oxygen atoms in total. The summed E-state index contributed by atoms with van der Waals surface area (Å²) in [5.74, 6) is 0. The quantitative estimate of drug-likeness (QED) is 0.154. The van der Waals surface area contributed by atoms with Crippen LogP contribution in [0.15, 0.2) is 398 Å². The molecule has 0 aliphatic carbocycles. The van der Waals surface area contributed by atoms with Crippen LogP contribution in [0.5, 0.6) is 0 Å². The monoisotopic (exact) mass is 1450 g/mol. The lowest BCUT2D eigenvalue weighted by Crippen LogP contribution is -2.58. The van der Waals surface area contributed by atoms with Crippen molar-refractivity contribution in [1.82, 2.24) is 4.57 Å². The molecule has 1 N–H and O–H groups in total. The van der Waals surface area contributed by atoms with Gasteiger partial charge in [0.1, 0.15) is 11.2 Å². The molecule has 112 heavy (non-hydrogen) atoms. The fourth-order valence-electron chi connectivity index (χ4n) is 16.7. The number of anilines is 8. The molecule has 0 spiro atoms. The standard InChI is InChI=1S/C106H75BN4O/c1-106(2,3)81-50-53-95-100(66-81)111-101-68-85(110-98-46-24-22-44-86(98)87-45-23-25-47-99(87)110)52-55-96(101)107(95)94-54-51-84(109(82-40-18-8-19-41-82)83-42-20-9-21-43-83)67-97(94)108-104-88(71-32-14-6-15-33-71)62-79(69-28-10-4-11-29-69)63-89(104)77-38-26-36-73(58-77)75-48-56-102-92(60-75)93-61-76(49-57-103(93)112-102)74-37-27-39-78(59-74)91-65-80(70-30-12-5-13-31-70)64-90(105(91)111)72-34-16-7-17-35-72/h4-68,108H,1-3H3/i8D,9D,18D,19D,20D,21D,22D,23D,24D,25D,40D,42D,44D,45D,46D,47D.